The lowest BCUT2D eigenvalue weighted by atomic mass is 9.78. The summed E-state index contributed by atoms with van der Waals surface area (Å²) in [6.07, 6.45) is 6.19. The molecule has 68 heavy (non-hydrogen) atoms. The van der Waals surface area contributed by atoms with Crippen molar-refractivity contribution in [1.29, 1.82) is 0 Å². The number of hydrogen-bond acceptors (Lipinski definition) is 4. The van der Waals surface area contributed by atoms with Crippen molar-refractivity contribution in [3.8, 4) is 44.5 Å². The summed E-state index contributed by atoms with van der Waals surface area (Å²) in [6, 6.07) is 35.8. The molecule has 11 rings (SSSR count). The molecule has 0 unspecified atom stereocenters. The maximum Gasteiger partial charge on any atom is 0.195 e. The first-order chi connectivity index (χ1) is 32.0. The van der Waals surface area contributed by atoms with Crippen molar-refractivity contribution >= 4 is 57.4 Å². The SMILES string of the molecule is CC(C)(C)c1cc(-c2c3nc(c4c5[nH]c(cc5C(=O)c5ccccc5-4)c(-c4cc(C(C)(C)C)cc(C(C)(C)C)c4)c4nc5c(c6ccc2[nH]6)-c2ccccc2C(=O)C5=C4)C=C3)cc(C(C)(C)C)c1. The molecule has 4 aliphatic rings. The van der Waals surface area contributed by atoms with Gasteiger partial charge in [-0.1, -0.05) is 168 Å². The van der Waals surface area contributed by atoms with E-state index >= 15 is 0 Å². The summed E-state index contributed by atoms with van der Waals surface area (Å²) in [7, 11) is 0. The molecule has 0 radical (unpaired) electrons. The van der Waals surface area contributed by atoms with Crippen molar-refractivity contribution < 1.29 is 9.59 Å². The Hall–Kier alpha value is -7.18. The minimum absolute atomic E-state index is 0.0553. The standard InChI is InChI=1S/C62H58N4O2/c1-59(2,3)35-25-33(26-36(29-35)60(4,5)6)51-45-21-23-47(63-45)53-39-17-13-15-19-41(39)57(67)43-31-49(65-55(43)53)52(34-27-37(61(7,8)9)30-38(28-34)62(10,11)12)50-32-44-56(66-50)54(48-24-22-46(51)64-48)40-18-14-16-20-42(40)58(44)68/h13-32,63,66H,1-12H3. The predicted molar refractivity (Wildman–Crippen MR) is 282 cm³/mol. The molecule has 338 valence electrons. The second-order valence-electron chi connectivity index (χ2n) is 23.2. The number of nitrogens with zero attached hydrogens (tertiary/aromatic N) is 2. The van der Waals surface area contributed by atoms with Crippen LogP contribution in [0, 0.1) is 0 Å². The van der Waals surface area contributed by atoms with E-state index in [1.807, 2.05) is 60.7 Å². The highest BCUT2D eigenvalue weighted by Gasteiger charge is 2.35. The molecular formula is C62H58N4O2. The van der Waals surface area contributed by atoms with E-state index in [0.717, 1.165) is 72.4 Å². The molecule has 3 aromatic heterocycles. The molecule has 2 N–H and O–H groups in total. The Morgan fingerprint density at radius 3 is 1.35 bits per heavy atom. The number of benzene rings is 4. The number of hydrogen-bond donors (Lipinski definition) is 2. The Balaban J connectivity index is 1.37. The molecule has 0 spiro atoms. The molecule has 2 aliphatic carbocycles. The first-order valence-corrected chi connectivity index (χ1v) is 23.9. The lowest BCUT2D eigenvalue weighted by Crippen LogP contribution is -2.16. The summed E-state index contributed by atoms with van der Waals surface area (Å²) in [5, 5.41) is 0. The number of carbonyl (C=O) groups is 2. The van der Waals surface area contributed by atoms with Gasteiger partial charge in [0.25, 0.3) is 0 Å². The van der Waals surface area contributed by atoms with Crippen LogP contribution >= 0.6 is 0 Å². The van der Waals surface area contributed by atoms with Crippen LogP contribution in [-0.4, -0.2) is 31.5 Å². The molecule has 0 saturated carbocycles. The van der Waals surface area contributed by atoms with Crippen molar-refractivity contribution in [2.24, 2.45) is 0 Å². The third-order valence-corrected chi connectivity index (χ3v) is 14.3. The molecule has 0 saturated heterocycles. The predicted octanol–water partition coefficient (Wildman–Crippen LogP) is 15.6. The number of nitrogens with one attached hydrogen (secondary N) is 2. The fourth-order valence-electron chi connectivity index (χ4n) is 10.3. The number of aromatic amines is 2. The van der Waals surface area contributed by atoms with Crippen LogP contribution in [0.1, 0.15) is 154 Å². The van der Waals surface area contributed by atoms with Crippen LogP contribution in [0.5, 0.6) is 0 Å². The molecular weight excluding hydrogens is 833 g/mol. The Morgan fingerprint density at radius 1 is 0.397 bits per heavy atom. The summed E-state index contributed by atoms with van der Waals surface area (Å²) >= 11 is 0. The van der Waals surface area contributed by atoms with Crippen molar-refractivity contribution in [2.45, 2.75) is 105 Å². The number of Topliss-reactive ketones (excluding diaryl/α,β-unsaturated/α-hetero) is 1. The van der Waals surface area contributed by atoms with E-state index in [9.17, 15) is 9.59 Å². The third-order valence-electron chi connectivity index (χ3n) is 14.3. The molecule has 6 nitrogen and oxygen atoms in total. The molecule has 2 aliphatic heterocycles. The van der Waals surface area contributed by atoms with Crippen molar-refractivity contribution in [3.63, 3.8) is 0 Å². The zero-order chi connectivity index (χ0) is 48.0. The summed E-state index contributed by atoms with van der Waals surface area (Å²) in [5.41, 5.74) is 19.8. The van der Waals surface area contributed by atoms with Crippen LogP contribution in [0.4, 0.5) is 0 Å². The van der Waals surface area contributed by atoms with Gasteiger partial charge in [0.1, 0.15) is 0 Å². The molecule has 7 aromatic rings. The first-order valence-electron chi connectivity index (χ1n) is 23.9. The molecule has 5 heterocycles. The van der Waals surface area contributed by atoms with Gasteiger partial charge >= 0.3 is 0 Å². The summed E-state index contributed by atoms with van der Waals surface area (Å²) in [4.78, 5) is 48.6. The van der Waals surface area contributed by atoms with E-state index in [4.69, 9.17) is 9.97 Å². The topological polar surface area (TPSA) is 91.5 Å². The number of rotatable bonds is 2. The zero-order valence-electron chi connectivity index (χ0n) is 41.3. The number of ketones is 2. The molecule has 6 heteroatoms. The normalized spacial score (nSPS) is 14.3. The average molecular weight is 891 g/mol. The van der Waals surface area contributed by atoms with Gasteiger partial charge in [-0.3, -0.25) is 9.59 Å². The summed E-state index contributed by atoms with van der Waals surface area (Å²) < 4.78 is 0. The largest absolute Gasteiger partial charge is 0.354 e. The first kappa shape index (κ1) is 43.4. The van der Waals surface area contributed by atoms with E-state index in [0.29, 0.717) is 39.2 Å². The maximum atomic E-state index is 14.8. The van der Waals surface area contributed by atoms with Gasteiger partial charge in [-0.05, 0) is 103 Å². The fourth-order valence-corrected chi connectivity index (χ4v) is 10.3. The quantitative estimate of drug-likeness (QED) is 0.181. The highest BCUT2D eigenvalue weighted by molar-refractivity contribution is 6.38. The highest BCUT2D eigenvalue weighted by Crippen LogP contribution is 2.48. The fraction of sp³-hybridized carbons (Fsp3) is 0.258. The Kier molecular flexibility index (Phi) is 9.35. The van der Waals surface area contributed by atoms with Crippen LogP contribution in [0.15, 0.2) is 103 Å². The lowest BCUT2D eigenvalue weighted by molar-refractivity contribution is 0.103. The monoisotopic (exact) mass is 890 g/mol. The maximum absolute atomic E-state index is 14.8. The van der Waals surface area contributed by atoms with Crippen LogP contribution in [0.3, 0.4) is 0 Å². The van der Waals surface area contributed by atoms with Crippen LogP contribution in [-0.2, 0) is 21.7 Å². The number of H-pyrrole nitrogens is 2. The number of aromatic nitrogens is 4. The molecule has 0 fully saturated rings. The lowest BCUT2D eigenvalue weighted by Gasteiger charge is -2.26. The molecule has 0 atom stereocenters. The van der Waals surface area contributed by atoms with Crippen LogP contribution < -0.4 is 0 Å². The summed E-state index contributed by atoms with van der Waals surface area (Å²) in [6.45, 7) is 27.0. The van der Waals surface area contributed by atoms with E-state index in [2.05, 4.69) is 154 Å². The van der Waals surface area contributed by atoms with E-state index < -0.39 is 0 Å². The van der Waals surface area contributed by atoms with Crippen LogP contribution in [0.2, 0.25) is 0 Å². The smallest absolute Gasteiger partial charge is 0.195 e. The minimum Gasteiger partial charge on any atom is -0.354 e. The highest BCUT2D eigenvalue weighted by atomic mass is 16.1. The Labute approximate surface area is 399 Å². The van der Waals surface area contributed by atoms with Gasteiger partial charge in [0.15, 0.2) is 11.6 Å². The van der Waals surface area contributed by atoms with Crippen molar-refractivity contribution in [3.05, 3.63) is 165 Å². The molecule has 0 amide bonds. The number of allylic oxidation sites excluding steroid dienone is 1. The van der Waals surface area contributed by atoms with E-state index in [1.165, 1.54) is 22.3 Å². The second kappa shape index (κ2) is 14.7. The van der Waals surface area contributed by atoms with Crippen LogP contribution in [0.25, 0.3) is 90.4 Å². The second-order valence-corrected chi connectivity index (χ2v) is 23.2. The Morgan fingerprint density at radius 2 is 0.838 bits per heavy atom. The molecule has 8 bridgehead atoms. The number of fused-ring (bicyclic) bond motifs is 12. The van der Waals surface area contributed by atoms with Gasteiger partial charge in [-0.2, -0.15) is 0 Å². The zero-order valence-corrected chi connectivity index (χ0v) is 41.3. The van der Waals surface area contributed by atoms with Gasteiger partial charge in [-0.15, -0.1) is 0 Å². The average Bonchev–Trinajstić information content (AvgIpc) is 4.11. The van der Waals surface area contributed by atoms with Gasteiger partial charge in [0.05, 0.1) is 33.9 Å². The van der Waals surface area contributed by atoms with Gasteiger partial charge in [0, 0.05) is 55.5 Å². The minimum atomic E-state index is -0.176. The van der Waals surface area contributed by atoms with Gasteiger partial charge in [-0.25, -0.2) is 9.97 Å². The molecule has 4 aromatic carbocycles. The van der Waals surface area contributed by atoms with Crippen molar-refractivity contribution in [2.75, 3.05) is 0 Å². The Bertz CT molecular complexity index is 3570. The van der Waals surface area contributed by atoms with E-state index in [-0.39, 0.29) is 33.2 Å². The summed E-state index contributed by atoms with van der Waals surface area (Å²) in [5.74, 6) is -0.123. The van der Waals surface area contributed by atoms with Gasteiger partial charge in [0.2, 0.25) is 0 Å². The number of carbonyl (C=O) groups excluding carboxylic acids is 2. The van der Waals surface area contributed by atoms with E-state index in [1.54, 1.807) is 0 Å². The van der Waals surface area contributed by atoms with Gasteiger partial charge < -0.3 is 9.97 Å². The van der Waals surface area contributed by atoms with Crippen molar-refractivity contribution in [1.82, 2.24) is 19.9 Å². The third kappa shape index (κ3) is 6.90.